The molecule has 0 saturated heterocycles. The van der Waals surface area contributed by atoms with Crippen LogP contribution in [0, 0.1) is 0 Å². The quantitative estimate of drug-likeness (QED) is 0.148. The normalized spacial score (nSPS) is 11.6. The summed E-state index contributed by atoms with van der Waals surface area (Å²) in [4.78, 5) is 36.0. The van der Waals surface area contributed by atoms with Gasteiger partial charge in [-0.25, -0.2) is 0 Å². The maximum absolute atomic E-state index is 12.6. The van der Waals surface area contributed by atoms with Crippen LogP contribution in [0.25, 0.3) is 21.8 Å². The van der Waals surface area contributed by atoms with Crippen molar-refractivity contribution in [3.8, 4) is 11.5 Å². The summed E-state index contributed by atoms with van der Waals surface area (Å²) in [5.41, 5.74) is 4.16. The van der Waals surface area contributed by atoms with Crippen molar-refractivity contribution in [2.24, 2.45) is 0 Å². The first-order chi connectivity index (χ1) is 18.3. The Hall–Kier alpha value is -3.62. The smallest absolute Gasteiger partial charge is 0.311 e. The Labute approximate surface area is 223 Å². The standard InChI is InChI=1S/C30H38N4O4/c1-33(2)17-15-21-19-31-23-9-7-11-25(29(21)23)37-27(35)13-5-6-14-28(36)38-26-12-8-10-24-30(26)22(20-32-24)16-18-34(3)4/h7-12,19-20,31-32H,5-6,13-18H2,1-4H3. The number of hydrogen-bond acceptors (Lipinski definition) is 6. The summed E-state index contributed by atoms with van der Waals surface area (Å²) in [5.74, 6) is 0.555. The number of rotatable bonds is 13. The van der Waals surface area contributed by atoms with Crippen LogP contribution in [-0.2, 0) is 22.4 Å². The van der Waals surface area contributed by atoms with Gasteiger partial charge in [0.1, 0.15) is 11.5 Å². The van der Waals surface area contributed by atoms with Gasteiger partial charge in [-0.3, -0.25) is 9.59 Å². The third kappa shape index (κ3) is 7.02. The molecule has 38 heavy (non-hydrogen) atoms. The molecule has 0 fully saturated rings. The van der Waals surface area contributed by atoms with E-state index < -0.39 is 0 Å². The lowest BCUT2D eigenvalue weighted by Gasteiger charge is -2.11. The van der Waals surface area contributed by atoms with Crippen molar-refractivity contribution in [3.63, 3.8) is 0 Å². The van der Waals surface area contributed by atoms with Crippen LogP contribution in [0.1, 0.15) is 36.8 Å². The number of likely N-dealkylation sites (N-methyl/N-ethyl adjacent to an activating group) is 2. The largest absolute Gasteiger partial charge is 0.426 e. The highest BCUT2D eigenvalue weighted by atomic mass is 16.5. The number of hydrogen-bond donors (Lipinski definition) is 2. The zero-order chi connectivity index (χ0) is 27.1. The van der Waals surface area contributed by atoms with E-state index in [4.69, 9.17) is 9.47 Å². The first kappa shape index (κ1) is 27.4. The van der Waals surface area contributed by atoms with Crippen LogP contribution < -0.4 is 9.47 Å². The van der Waals surface area contributed by atoms with Gasteiger partial charge in [0.15, 0.2) is 0 Å². The molecule has 202 valence electrons. The van der Waals surface area contributed by atoms with Crippen LogP contribution in [0.15, 0.2) is 48.8 Å². The number of nitrogens with zero attached hydrogens (tertiary/aromatic N) is 2. The fourth-order valence-corrected chi connectivity index (χ4v) is 4.58. The zero-order valence-corrected chi connectivity index (χ0v) is 22.8. The van der Waals surface area contributed by atoms with Crippen LogP contribution in [0.4, 0.5) is 0 Å². The highest BCUT2D eigenvalue weighted by molar-refractivity contribution is 5.92. The summed E-state index contributed by atoms with van der Waals surface area (Å²) in [6.45, 7) is 1.81. The van der Waals surface area contributed by atoms with Crippen LogP contribution in [0.3, 0.4) is 0 Å². The molecule has 0 amide bonds. The predicted molar refractivity (Wildman–Crippen MR) is 151 cm³/mol. The minimum absolute atomic E-state index is 0.239. The number of aromatic nitrogens is 2. The molecule has 2 heterocycles. The van der Waals surface area contributed by atoms with Gasteiger partial charge >= 0.3 is 11.9 Å². The lowest BCUT2D eigenvalue weighted by atomic mass is 10.1. The van der Waals surface area contributed by atoms with Crippen molar-refractivity contribution < 1.29 is 19.1 Å². The molecule has 8 nitrogen and oxygen atoms in total. The van der Waals surface area contributed by atoms with Gasteiger partial charge in [-0.2, -0.15) is 0 Å². The summed E-state index contributed by atoms with van der Waals surface area (Å²) in [7, 11) is 8.15. The molecule has 2 aromatic heterocycles. The van der Waals surface area contributed by atoms with Gasteiger partial charge in [0.25, 0.3) is 0 Å². The molecule has 2 N–H and O–H groups in total. The maximum Gasteiger partial charge on any atom is 0.311 e. The average Bonchev–Trinajstić information content (AvgIpc) is 3.49. The predicted octanol–water partition coefficient (Wildman–Crippen LogP) is 4.93. The highest BCUT2D eigenvalue weighted by Crippen LogP contribution is 2.31. The Morgan fingerprint density at radius 3 is 1.50 bits per heavy atom. The van der Waals surface area contributed by atoms with E-state index in [1.54, 1.807) is 0 Å². The van der Waals surface area contributed by atoms with Gasteiger partial charge in [-0.15, -0.1) is 0 Å². The molecule has 8 heteroatoms. The molecule has 0 aliphatic carbocycles. The van der Waals surface area contributed by atoms with Crippen molar-refractivity contribution in [2.75, 3.05) is 41.3 Å². The van der Waals surface area contributed by atoms with Crippen molar-refractivity contribution in [1.82, 2.24) is 19.8 Å². The zero-order valence-electron chi connectivity index (χ0n) is 22.8. The van der Waals surface area contributed by atoms with Crippen LogP contribution in [0.5, 0.6) is 11.5 Å². The molecule has 0 bridgehead atoms. The van der Waals surface area contributed by atoms with E-state index in [0.717, 1.165) is 58.9 Å². The Kier molecular flexibility index (Phi) is 9.20. The van der Waals surface area contributed by atoms with E-state index in [-0.39, 0.29) is 24.8 Å². The number of fused-ring (bicyclic) bond motifs is 2. The first-order valence-corrected chi connectivity index (χ1v) is 13.2. The van der Waals surface area contributed by atoms with Crippen molar-refractivity contribution in [2.45, 2.75) is 38.5 Å². The van der Waals surface area contributed by atoms with Gasteiger partial charge < -0.3 is 29.2 Å². The Balaban J connectivity index is 1.28. The molecular weight excluding hydrogens is 480 g/mol. The molecule has 0 atom stereocenters. The highest BCUT2D eigenvalue weighted by Gasteiger charge is 2.15. The second-order valence-corrected chi connectivity index (χ2v) is 10.2. The summed E-state index contributed by atoms with van der Waals surface area (Å²) in [5, 5.41) is 1.91. The van der Waals surface area contributed by atoms with E-state index in [1.807, 2.05) is 77.0 Å². The lowest BCUT2D eigenvalue weighted by molar-refractivity contribution is -0.136. The average molecular weight is 519 g/mol. The minimum atomic E-state index is -0.298. The van der Waals surface area contributed by atoms with Crippen molar-refractivity contribution in [1.29, 1.82) is 0 Å². The Bertz CT molecular complexity index is 1280. The summed E-state index contributed by atoms with van der Waals surface area (Å²) in [6.07, 6.45) is 7.26. The number of aromatic amines is 2. The van der Waals surface area contributed by atoms with Crippen molar-refractivity contribution in [3.05, 3.63) is 59.9 Å². The molecule has 0 spiro atoms. The van der Waals surface area contributed by atoms with Gasteiger partial charge in [0.05, 0.1) is 0 Å². The van der Waals surface area contributed by atoms with Crippen LogP contribution >= 0.6 is 0 Å². The number of carbonyl (C=O) groups is 2. The number of ether oxygens (including phenoxy) is 2. The molecule has 4 aromatic rings. The molecule has 0 unspecified atom stereocenters. The fraction of sp³-hybridized carbons (Fsp3) is 0.400. The van der Waals surface area contributed by atoms with Crippen molar-refractivity contribution >= 4 is 33.7 Å². The van der Waals surface area contributed by atoms with Crippen LogP contribution in [-0.4, -0.2) is 73.0 Å². The minimum Gasteiger partial charge on any atom is -0.426 e. The first-order valence-electron chi connectivity index (χ1n) is 13.2. The summed E-state index contributed by atoms with van der Waals surface area (Å²) >= 11 is 0. The maximum atomic E-state index is 12.6. The lowest BCUT2D eigenvalue weighted by Crippen LogP contribution is -2.15. The van der Waals surface area contributed by atoms with E-state index >= 15 is 0 Å². The Morgan fingerprint density at radius 1 is 0.684 bits per heavy atom. The van der Waals surface area contributed by atoms with E-state index in [1.165, 1.54) is 0 Å². The van der Waals surface area contributed by atoms with E-state index in [2.05, 4.69) is 19.8 Å². The topological polar surface area (TPSA) is 90.7 Å². The van der Waals surface area contributed by atoms with Gasteiger partial charge in [-0.05, 0) is 89.3 Å². The van der Waals surface area contributed by atoms with Gasteiger partial charge in [-0.1, -0.05) is 12.1 Å². The number of carbonyl (C=O) groups excluding carboxylic acids is 2. The Morgan fingerprint density at radius 2 is 1.11 bits per heavy atom. The fourth-order valence-electron chi connectivity index (χ4n) is 4.58. The number of unbranched alkanes of at least 4 members (excludes halogenated alkanes) is 1. The number of esters is 2. The molecule has 0 saturated carbocycles. The number of benzene rings is 2. The molecule has 0 aliphatic heterocycles. The molecule has 2 aromatic carbocycles. The van der Waals surface area contributed by atoms with Crippen LogP contribution in [0.2, 0.25) is 0 Å². The van der Waals surface area contributed by atoms with E-state index in [9.17, 15) is 9.59 Å². The van der Waals surface area contributed by atoms with Gasteiger partial charge in [0.2, 0.25) is 0 Å². The third-order valence-corrected chi connectivity index (χ3v) is 6.61. The van der Waals surface area contributed by atoms with Gasteiger partial charge in [0, 0.05) is 60.1 Å². The monoisotopic (exact) mass is 518 g/mol. The number of H-pyrrole nitrogens is 2. The summed E-state index contributed by atoms with van der Waals surface area (Å²) < 4.78 is 11.5. The molecule has 0 radical (unpaired) electrons. The second-order valence-electron chi connectivity index (χ2n) is 10.2. The SMILES string of the molecule is CN(C)CCc1c[nH]c2cccc(OC(=O)CCCCC(=O)Oc3cccc4[nH]cc(CCN(C)C)c34)c12. The second kappa shape index (κ2) is 12.8. The molecule has 4 rings (SSSR count). The number of nitrogens with one attached hydrogen (secondary N) is 2. The summed E-state index contributed by atoms with van der Waals surface area (Å²) in [6, 6.07) is 11.4. The molecular formula is C30H38N4O4. The molecule has 0 aliphatic rings. The van der Waals surface area contributed by atoms with E-state index in [0.29, 0.717) is 24.3 Å². The third-order valence-electron chi connectivity index (χ3n) is 6.61.